The largest absolute Gasteiger partial charge is 0.321 e. The van der Waals surface area contributed by atoms with Gasteiger partial charge in [0.2, 0.25) is 0 Å². The highest BCUT2D eigenvalue weighted by atomic mass is 16.2. The van der Waals surface area contributed by atoms with Crippen molar-refractivity contribution in [1.82, 2.24) is 0 Å². The van der Waals surface area contributed by atoms with Crippen molar-refractivity contribution in [3.63, 3.8) is 0 Å². The molecule has 2 bridgehead atoms. The minimum atomic E-state index is 0.378. The van der Waals surface area contributed by atoms with E-state index in [2.05, 4.69) is 0 Å². The highest BCUT2D eigenvalue weighted by Crippen LogP contribution is 2.10. The first-order chi connectivity index (χ1) is 5.23. The fourth-order valence-corrected chi connectivity index (χ4v) is 2.30. The van der Waals surface area contributed by atoms with Crippen LogP contribution in [-0.2, 0) is 4.79 Å². The molecule has 3 saturated heterocycles. The van der Waals surface area contributed by atoms with Crippen LogP contribution in [-0.4, -0.2) is 49.7 Å². The number of rotatable bonds is 0. The van der Waals surface area contributed by atoms with Crippen LogP contribution in [0.15, 0.2) is 0 Å². The fraction of sp³-hybridized carbons (Fsp3) is 0.875. The smallest absolute Gasteiger partial charge is 0.311 e. The van der Waals surface area contributed by atoms with E-state index >= 15 is 0 Å². The minimum Gasteiger partial charge on any atom is -0.321 e. The molecule has 62 valence electrons. The standard InChI is InChI=1S/C8H15N2O/c1-8(11)10-5-2-9(3-6-10)4-7-10/h2-7H2,1H3/q+1/p+1. The molecule has 11 heavy (non-hydrogen) atoms. The summed E-state index contributed by atoms with van der Waals surface area (Å²) in [5, 5.41) is 0. The summed E-state index contributed by atoms with van der Waals surface area (Å²) in [5.41, 5.74) is 0. The molecule has 3 aliphatic heterocycles. The molecule has 0 aliphatic carbocycles. The average Bonchev–Trinajstić information content (AvgIpc) is 2.08. The summed E-state index contributed by atoms with van der Waals surface area (Å²) in [4.78, 5) is 13.0. The molecule has 1 N–H and O–H groups in total. The summed E-state index contributed by atoms with van der Waals surface area (Å²) < 4.78 is 0.781. The van der Waals surface area contributed by atoms with Crippen LogP contribution in [0.1, 0.15) is 6.92 Å². The first-order valence-corrected chi connectivity index (χ1v) is 4.44. The van der Waals surface area contributed by atoms with Crippen LogP contribution in [0.4, 0.5) is 0 Å². The fourth-order valence-electron chi connectivity index (χ4n) is 2.30. The van der Waals surface area contributed by atoms with E-state index in [1.807, 2.05) is 0 Å². The van der Waals surface area contributed by atoms with Gasteiger partial charge in [0.25, 0.3) is 0 Å². The Morgan fingerprint density at radius 2 is 1.64 bits per heavy atom. The van der Waals surface area contributed by atoms with Gasteiger partial charge in [-0.3, -0.25) is 0 Å². The monoisotopic (exact) mass is 156 g/mol. The molecule has 3 nitrogen and oxygen atoms in total. The van der Waals surface area contributed by atoms with Crippen molar-refractivity contribution in [2.24, 2.45) is 0 Å². The number of carbonyl (C=O) groups excluding carboxylic acids is 1. The van der Waals surface area contributed by atoms with Crippen molar-refractivity contribution in [1.29, 1.82) is 0 Å². The molecule has 0 aromatic heterocycles. The molecule has 0 aromatic rings. The summed E-state index contributed by atoms with van der Waals surface area (Å²) in [6.45, 7) is 8.63. The Labute approximate surface area is 67.2 Å². The second kappa shape index (κ2) is 2.29. The van der Waals surface area contributed by atoms with Gasteiger partial charge in [0.15, 0.2) is 0 Å². The lowest BCUT2D eigenvalue weighted by molar-refractivity contribution is -1.04. The SMILES string of the molecule is CC(=O)[N+]12CC[NH+](CC1)CC2. The lowest BCUT2D eigenvalue weighted by Gasteiger charge is -2.45. The van der Waals surface area contributed by atoms with Gasteiger partial charge in [-0.25, -0.2) is 9.28 Å². The van der Waals surface area contributed by atoms with E-state index in [1.54, 1.807) is 11.8 Å². The van der Waals surface area contributed by atoms with Crippen LogP contribution >= 0.6 is 0 Å². The molecule has 0 aromatic carbocycles. The molecule has 0 spiro atoms. The zero-order chi connectivity index (χ0) is 7.90. The predicted molar refractivity (Wildman–Crippen MR) is 41.1 cm³/mol. The van der Waals surface area contributed by atoms with Gasteiger partial charge < -0.3 is 4.90 Å². The van der Waals surface area contributed by atoms with Crippen LogP contribution in [0.5, 0.6) is 0 Å². The van der Waals surface area contributed by atoms with Gasteiger partial charge in [-0.2, -0.15) is 0 Å². The number of amides is 1. The Hall–Kier alpha value is -0.410. The van der Waals surface area contributed by atoms with Crippen LogP contribution < -0.4 is 4.90 Å². The maximum atomic E-state index is 11.3. The van der Waals surface area contributed by atoms with E-state index in [1.165, 1.54) is 19.6 Å². The predicted octanol–water partition coefficient (Wildman–Crippen LogP) is -1.74. The topological polar surface area (TPSA) is 21.5 Å². The molecule has 1 amide bonds. The second-order valence-corrected chi connectivity index (χ2v) is 3.84. The van der Waals surface area contributed by atoms with Crippen molar-refractivity contribution in [2.75, 3.05) is 39.3 Å². The quantitative estimate of drug-likeness (QED) is 0.413. The van der Waals surface area contributed by atoms with E-state index in [9.17, 15) is 4.79 Å². The van der Waals surface area contributed by atoms with Gasteiger partial charge in [0, 0.05) is 0 Å². The van der Waals surface area contributed by atoms with E-state index < -0.39 is 0 Å². The zero-order valence-corrected chi connectivity index (χ0v) is 7.10. The van der Waals surface area contributed by atoms with Gasteiger partial charge >= 0.3 is 5.91 Å². The summed E-state index contributed by atoms with van der Waals surface area (Å²) in [7, 11) is 0. The van der Waals surface area contributed by atoms with Crippen LogP contribution in [0.3, 0.4) is 0 Å². The van der Waals surface area contributed by atoms with Crippen molar-refractivity contribution in [3.05, 3.63) is 0 Å². The molecule has 3 aliphatic rings. The molecule has 3 fully saturated rings. The number of carbonyl (C=O) groups is 1. The average molecular weight is 156 g/mol. The van der Waals surface area contributed by atoms with Crippen LogP contribution in [0.2, 0.25) is 0 Å². The number of fused-ring (bicyclic) bond motifs is 3. The molecule has 3 heteroatoms. The molecule has 0 radical (unpaired) electrons. The van der Waals surface area contributed by atoms with Gasteiger partial charge in [-0.1, -0.05) is 0 Å². The summed E-state index contributed by atoms with van der Waals surface area (Å²) in [6.07, 6.45) is 0. The summed E-state index contributed by atoms with van der Waals surface area (Å²) in [5.74, 6) is 0.378. The lowest BCUT2D eigenvalue weighted by atomic mass is 10.1. The molecular weight excluding hydrogens is 140 g/mol. The van der Waals surface area contributed by atoms with E-state index in [-0.39, 0.29) is 0 Å². The summed E-state index contributed by atoms with van der Waals surface area (Å²) >= 11 is 0. The Kier molecular flexibility index (Phi) is 1.51. The van der Waals surface area contributed by atoms with Gasteiger partial charge in [-0.15, -0.1) is 0 Å². The molecule has 3 rings (SSSR count). The van der Waals surface area contributed by atoms with Gasteiger partial charge in [0.1, 0.15) is 39.3 Å². The third kappa shape index (κ3) is 0.993. The molecular formula is C8H16N2O+2. The van der Waals surface area contributed by atoms with Crippen molar-refractivity contribution in [2.45, 2.75) is 6.92 Å². The van der Waals surface area contributed by atoms with Gasteiger partial charge in [-0.05, 0) is 0 Å². The second-order valence-electron chi connectivity index (χ2n) is 3.84. The highest BCUT2D eigenvalue weighted by Gasteiger charge is 2.44. The number of hydrogen-bond donors (Lipinski definition) is 1. The number of nitrogens with one attached hydrogen (secondary N) is 1. The Morgan fingerprint density at radius 1 is 1.18 bits per heavy atom. The molecule has 3 heterocycles. The Morgan fingerprint density at radius 3 is 1.91 bits per heavy atom. The highest BCUT2D eigenvalue weighted by molar-refractivity contribution is 5.65. The third-order valence-corrected chi connectivity index (χ3v) is 3.35. The number of piperazine rings is 3. The Balaban J connectivity index is 2.18. The molecule has 0 atom stereocenters. The van der Waals surface area contributed by atoms with E-state index in [0.717, 1.165) is 24.1 Å². The number of hydrogen-bond acceptors (Lipinski definition) is 1. The molecule has 0 unspecified atom stereocenters. The first-order valence-electron chi connectivity index (χ1n) is 4.44. The normalized spacial score (nSPS) is 42.5. The lowest BCUT2D eigenvalue weighted by Crippen LogP contribution is -3.19. The maximum Gasteiger partial charge on any atom is 0.311 e. The van der Waals surface area contributed by atoms with Crippen LogP contribution in [0, 0.1) is 0 Å². The maximum absolute atomic E-state index is 11.3. The van der Waals surface area contributed by atoms with Crippen molar-refractivity contribution < 1.29 is 14.2 Å². The number of quaternary nitrogens is 2. The van der Waals surface area contributed by atoms with Crippen molar-refractivity contribution >= 4 is 5.91 Å². The van der Waals surface area contributed by atoms with E-state index in [4.69, 9.17) is 0 Å². The molecule has 0 saturated carbocycles. The number of nitrogens with zero attached hydrogens (tertiary/aromatic N) is 1. The first kappa shape index (κ1) is 7.25. The minimum absolute atomic E-state index is 0.378. The zero-order valence-electron chi connectivity index (χ0n) is 7.10. The van der Waals surface area contributed by atoms with E-state index in [0.29, 0.717) is 5.91 Å². The van der Waals surface area contributed by atoms with Crippen molar-refractivity contribution in [3.8, 4) is 0 Å². The van der Waals surface area contributed by atoms with Gasteiger partial charge in [0.05, 0.1) is 6.92 Å². The Bertz CT molecular complexity index is 169. The van der Waals surface area contributed by atoms with Crippen LogP contribution in [0.25, 0.3) is 0 Å². The third-order valence-electron chi connectivity index (χ3n) is 3.35. The summed E-state index contributed by atoms with van der Waals surface area (Å²) in [6, 6.07) is 0.